The summed E-state index contributed by atoms with van der Waals surface area (Å²) in [5.41, 5.74) is 3.98. The Morgan fingerprint density at radius 2 is 1.78 bits per heavy atom. The molecule has 188 valence electrons. The second-order valence-electron chi connectivity index (χ2n) is 8.38. The Morgan fingerprint density at radius 3 is 2.46 bits per heavy atom. The first-order chi connectivity index (χ1) is 18.0. The van der Waals surface area contributed by atoms with E-state index >= 15 is 0 Å². The zero-order chi connectivity index (χ0) is 25.9. The van der Waals surface area contributed by atoms with Gasteiger partial charge in [-0.2, -0.15) is 0 Å². The van der Waals surface area contributed by atoms with E-state index in [1.807, 2.05) is 65.7 Å². The van der Waals surface area contributed by atoms with Crippen LogP contribution in [0.15, 0.2) is 85.2 Å². The number of esters is 1. The van der Waals surface area contributed by atoms with Gasteiger partial charge in [-0.3, -0.25) is 4.98 Å². The van der Waals surface area contributed by atoms with Crippen LogP contribution in [0.1, 0.15) is 33.8 Å². The third-order valence-electron chi connectivity index (χ3n) is 6.39. The topological polar surface area (TPSA) is 77.9 Å². The maximum atomic E-state index is 11.9. The second kappa shape index (κ2) is 10.3. The van der Waals surface area contributed by atoms with E-state index in [9.17, 15) is 4.79 Å². The fourth-order valence-corrected chi connectivity index (χ4v) is 4.98. The third-order valence-corrected chi connectivity index (χ3v) is 6.71. The Morgan fingerprint density at radius 1 is 0.973 bits per heavy atom. The molecule has 0 amide bonds. The van der Waals surface area contributed by atoms with Crippen molar-refractivity contribution < 1.29 is 19.0 Å². The number of benzene rings is 2. The molecule has 8 nitrogen and oxygen atoms in total. The van der Waals surface area contributed by atoms with Gasteiger partial charge < -0.3 is 29.0 Å². The quantitative estimate of drug-likeness (QED) is 0.277. The van der Waals surface area contributed by atoms with Crippen molar-refractivity contribution in [2.24, 2.45) is 0 Å². The highest BCUT2D eigenvalue weighted by Crippen LogP contribution is 2.46. The molecule has 4 aromatic rings. The van der Waals surface area contributed by atoms with Crippen LogP contribution in [0.3, 0.4) is 0 Å². The molecule has 0 bridgehead atoms. The highest BCUT2D eigenvalue weighted by Gasteiger charge is 2.43. The van der Waals surface area contributed by atoms with Gasteiger partial charge >= 0.3 is 5.97 Å². The monoisotopic (exact) mass is 514 g/mol. The summed E-state index contributed by atoms with van der Waals surface area (Å²) in [6.07, 6.45) is 3.76. The summed E-state index contributed by atoms with van der Waals surface area (Å²) in [4.78, 5) is 18.6. The lowest BCUT2D eigenvalue weighted by atomic mass is 10.0. The van der Waals surface area contributed by atoms with Gasteiger partial charge in [-0.15, -0.1) is 0 Å². The van der Waals surface area contributed by atoms with Gasteiger partial charge in [0.25, 0.3) is 0 Å². The van der Waals surface area contributed by atoms with E-state index in [2.05, 4.69) is 20.9 Å². The number of rotatable bonds is 7. The van der Waals surface area contributed by atoms with Crippen LogP contribution < -0.4 is 19.7 Å². The summed E-state index contributed by atoms with van der Waals surface area (Å²) in [7, 11) is 4.63. The molecule has 1 aliphatic rings. The SMILES string of the molecule is COC(=O)c1ccc(-n2cccc2[C@H]2[C@@H](c3ccccn3)NC(=S)N2c2cc(OC)ccc2OC)cc1. The molecule has 1 N–H and O–H groups in total. The van der Waals surface area contributed by atoms with E-state index in [1.54, 1.807) is 32.5 Å². The average molecular weight is 515 g/mol. The van der Waals surface area contributed by atoms with Crippen molar-refractivity contribution in [3.63, 3.8) is 0 Å². The minimum Gasteiger partial charge on any atom is -0.497 e. The van der Waals surface area contributed by atoms with E-state index < -0.39 is 0 Å². The molecular weight excluding hydrogens is 488 g/mol. The number of methoxy groups -OCH3 is 3. The predicted molar refractivity (Wildman–Crippen MR) is 145 cm³/mol. The average Bonchev–Trinajstić information content (AvgIpc) is 3.57. The summed E-state index contributed by atoms with van der Waals surface area (Å²) in [5.74, 6) is 0.973. The lowest BCUT2D eigenvalue weighted by molar-refractivity contribution is 0.0600. The molecule has 0 radical (unpaired) electrons. The van der Waals surface area contributed by atoms with Crippen molar-refractivity contribution in [1.29, 1.82) is 0 Å². The maximum Gasteiger partial charge on any atom is 0.337 e. The Hall–Kier alpha value is -4.37. The van der Waals surface area contributed by atoms with Crippen LogP contribution in [-0.2, 0) is 4.74 Å². The van der Waals surface area contributed by atoms with Gasteiger partial charge in [-0.05, 0) is 72.9 Å². The molecule has 0 spiro atoms. The molecule has 37 heavy (non-hydrogen) atoms. The van der Waals surface area contributed by atoms with E-state index in [1.165, 1.54) is 7.11 Å². The number of ether oxygens (including phenoxy) is 3. The van der Waals surface area contributed by atoms with Crippen LogP contribution in [0.5, 0.6) is 11.5 Å². The summed E-state index contributed by atoms with van der Waals surface area (Å²) in [6.45, 7) is 0. The van der Waals surface area contributed by atoms with Crippen molar-refractivity contribution >= 4 is 29.0 Å². The third kappa shape index (κ3) is 4.49. The molecule has 1 fully saturated rings. The second-order valence-corrected chi connectivity index (χ2v) is 8.76. The van der Waals surface area contributed by atoms with Crippen molar-refractivity contribution in [3.05, 3.63) is 102 Å². The first-order valence-electron chi connectivity index (χ1n) is 11.6. The lowest BCUT2D eigenvalue weighted by Gasteiger charge is -2.30. The van der Waals surface area contributed by atoms with E-state index in [-0.39, 0.29) is 18.1 Å². The number of nitrogens with zero attached hydrogens (tertiary/aromatic N) is 3. The Kier molecular flexibility index (Phi) is 6.78. The maximum absolute atomic E-state index is 11.9. The first-order valence-corrected chi connectivity index (χ1v) is 12.0. The minimum absolute atomic E-state index is 0.243. The first kappa shape index (κ1) is 24.3. The van der Waals surface area contributed by atoms with E-state index in [0.717, 1.165) is 22.8 Å². The van der Waals surface area contributed by atoms with Crippen molar-refractivity contribution in [2.75, 3.05) is 26.2 Å². The number of anilines is 1. The number of nitrogens with one attached hydrogen (secondary N) is 1. The molecule has 1 saturated heterocycles. The van der Waals surface area contributed by atoms with Gasteiger partial charge in [0, 0.05) is 29.8 Å². The number of carbonyl (C=O) groups excluding carboxylic acids is 1. The van der Waals surface area contributed by atoms with Gasteiger partial charge in [0.05, 0.1) is 44.3 Å². The predicted octanol–water partition coefficient (Wildman–Crippen LogP) is 4.85. The Bertz CT molecular complexity index is 1420. The van der Waals surface area contributed by atoms with Crippen LogP contribution in [0.4, 0.5) is 5.69 Å². The fourth-order valence-electron chi connectivity index (χ4n) is 4.65. The van der Waals surface area contributed by atoms with E-state index in [0.29, 0.717) is 22.2 Å². The molecule has 1 aliphatic heterocycles. The summed E-state index contributed by atoms with van der Waals surface area (Å²) >= 11 is 5.89. The van der Waals surface area contributed by atoms with Crippen LogP contribution in [-0.4, -0.2) is 42.0 Å². The van der Waals surface area contributed by atoms with Crippen molar-refractivity contribution in [1.82, 2.24) is 14.9 Å². The van der Waals surface area contributed by atoms with Gasteiger partial charge in [0.15, 0.2) is 5.11 Å². The van der Waals surface area contributed by atoms with Crippen molar-refractivity contribution in [3.8, 4) is 17.2 Å². The summed E-state index contributed by atoms with van der Waals surface area (Å²) < 4.78 is 18.2. The highest BCUT2D eigenvalue weighted by atomic mass is 32.1. The number of hydrogen-bond donors (Lipinski definition) is 1. The Labute approximate surface area is 220 Å². The largest absolute Gasteiger partial charge is 0.497 e. The lowest BCUT2D eigenvalue weighted by Crippen LogP contribution is -2.30. The fraction of sp³-hybridized carbons (Fsp3) is 0.179. The molecule has 2 aromatic heterocycles. The van der Waals surface area contributed by atoms with Crippen molar-refractivity contribution in [2.45, 2.75) is 12.1 Å². The highest BCUT2D eigenvalue weighted by molar-refractivity contribution is 7.80. The van der Waals surface area contributed by atoms with Gasteiger partial charge in [0.2, 0.25) is 0 Å². The molecule has 0 saturated carbocycles. The number of hydrogen-bond acceptors (Lipinski definition) is 6. The van der Waals surface area contributed by atoms with Crippen LogP contribution in [0.2, 0.25) is 0 Å². The number of thiocarbonyl (C=S) groups is 1. The van der Waals surface area contributed by atoms with Gasteiger partial charge in [0.1, 0.15) is 17.5 Å². The molecule has 0 aliphatic carbocycles. The molecule has 3 heterocycles. The molecular formula is C28H26N4O4S. The summed E-state index contributed by atoms with van der Waals surface area (Å²) in [5, 5.41) is 4.02. The number of carbonyl (C=O) groups is 1. The zero-order valence-electron chi connectivity index (χ0n) is 20.6. The molecule has 2 aromatic carbocycles. The summed E-state index contributed by atoms with van der Waals surface area (Å²) in [6, 6.07) is 22.3. The standard InChI is InChI=1S/C28H26N4O4S/c1-34-20-13-14-24(35-2)23(17-20)32-26(25(30-28(32)37)21-7-4-5-15-29-21)22-8-6-16-31(22)19-11-9-18(10-12-19)27(33)36-3/h4-17,25-26H,1-3H3,(H,30,37)/t25-,26+/m1/s1. The van der Waals surface area contributed by atoms with Gasteiger partial charge in [-0.1, -0.05) is 6.07 Å². The number of pyridine rings is 1. The molecule has 9 heteroatoms. The molecule has 0 unspecified atom stereocenters. The smallest absolute Gasteiger partial charge is 0.337 e. The van der Waals surface area contributed by atoms with Crippen LogP contribution >= 0.6 is 12.2 Å². The minimum atomic E-state index is -0.379. The van der Waals surface area contributed by atoms with Crippen LogP contribution in [0, 0.1) is 0 Å². The van der Waals surface area contributed by atoms with E-state index in [4.69, 9.17) is 26.4 Å². The molecule has 5 rings (SSSR count). The zero-order valence-corrected chi connectivity index (χ0v) is 21.4. The molecule has 2 atom stereocenters. The number of aromatic nitrogens is 2. The van der Waals surface area contributed by atoms with Gasteiger partial charge in [-0.25, -0.2) is 4.79 Å². The normalized spacial score (nSPS) is 16.8. The Balaban J connectivity index is 1.66. The van der Waals surface area contributed by atoms with Crippen LogP contribution in [0.25, 0.3) is 5.69 Å².